The number of hydrogen-bond acceptors (Lipinski definition) is 3. The predicted octanol–water partition coefficient (Wildman–Crippen LogP) is 3.29. The van der Waals surface area contributed by atoms with Gasteiger partial charge in [0.25, 0.3) is 0 Å². The summed E-state index contributed by atoms with van der Waals surface area (Å²) in [7, 11) is 0. The van der Waals surface area contributed by atoms with Crippen LogP contribution in [0, 0.1) is 11.3 Å². The van der Waals surface area contributed by atoms with Crippen LogP contribution in [-0.2, 0) is 0 Å². The van der Waals surface area contributed by atoms with Crippen LogP contribution in [0.2, 0.25) is 0 Å². The van der Waals surface area contributed by atoms with E-state index in [1.54, 1.807) is 18.2 Å². The van der Waals surface area contributed by atoms with Gasteiger partial charge in [-0.2, -0.15) is 5.26 Å². The van der Waals surface area contributed by atoms with E-state index in [1.807, 2.05) is 19.9 Å². The number of ether oxygens (including phenoxy) is 2. The monoisotopic (exact) mass is 239 g/mol. The van der Waals surface area contributed by atoms with Gasteiger partial charge in [-0.1, -0.05) is 6.07 Å². The molecule has 0 saturated heterocycles. The molecular weight excluding hydrogens is 226 g/mol. The smallest absolute Gasteiger partial charge is 0.161 e. The van der Waals surface area contributed by atoms with Gasteiger partial charge in [0, 0.05) is 0 Å². The number of halogens is 1. The van der Waals surface area contributed by atoms with Gasteiger partial charge in [-0.05, 0) is 31.5 Å². The Kier molecular flexibility index (Phi) is 4.94. The molecule has 0 amide bonds. The average molecular weight is 240 g/mol. The Morgan fingerprint density at radius 1 is 1.25 bits per heavy atom. The topological polar surface area (TPSA) is 42.2 Å². The maximum Gasteiger partial charge on any atom is 0.161 e. The molecule has 0 saturated carbocycles. The summed E-state index contributed by atoms with van der Waals surface area (Å²) in [6.45, 7) is 4.92. The standard InChI is InChI=1S/C12H14ClNO2/c1-3-15-11-6-5-9(10(13)8-14)7-12(11)16-4-2/h5-7,10H,3-4H2,1-2H3. The van der Waals surface area contributed by atoms with Crippen molar-refractivity contribution in [2.24, 2.45) is 0 Å². The summed E-state index contributed by atoms with van der Waals surface area (Å²) in [6, 6.07) is 7.26. The van der Waals surface area contributed by atoms with Crippen molar-refractivity contribution in [1.29, 1.82) is 5.26 Å². The quantitative estimate of drug-likeness (QED) is 0.741. The van der Waals surface area contributed by atoms with Crippen LogP contribution in [-0.4, -0.2) is 13.2 Å². The molecule has 0 aliphatic heterocycles. The van der Waals surface area contributed by atoms with E-state index < -0.39 is 5.38 Å². The first-order valence-corrected chi connectivity index (χ1v) is 5.59. The van der Waals surface area contributed by atoms with Crippen LogP contribution in [0.25, 0.3) is 0 Å². The Hall–Kier alpha value is -1.40. The zero-order valence-electron chi connectivity index (χ0n) is 9.37. The largest absolute Gasteiger partial charge is 0.490 e. The minimum absolute atomic E-state index is 0.545. The second-order valence-electron chi connectivity index (χ2n) is 3.06. The van der Waals surface area contributed by atoms with E-state index in [9.17, 15) is 0 Å². The molecule has 1 atom stereocenters. The van der Waals surface area contributed by atoms with E-state index in [0.717, 1.165) is 5.56 Å². The Bertz CT molecular complexity index is 387. The maximum absolute atomic E-state index is 8.73. The number of alkyl halides is 1. The summed E-state index contributed by atoms with van der Waals surface area (Å²) in [6.07, 6.45) is 0. The van der Waals surface area contributed by atoms with Crippen molar-refractivity contribution in [3.05, 3.63) is 23.8 Å². The molecule has 1 rings (SSSR count). The molecular formula is C12H14ClNO2. The fourth-order valence-corrected chi connectivity index (χ4v) is 1.44. The molecule has 0 fully saturated rings. The molecule has 0 aliphatic rings. The van der Waals surface area contributed by atoms with Crippen molar-refractivity contribution in [3.63, 3.8) is 0 Å². The second kappa shape index (κ2) is 6.24. The lowest BCUT2D eigenvalue weighted by Gasteiger charge is -2.12. The van der Waals surface area contributed by atoms with E-state index >= 15 is 0 Å². The minimum atomic E-state index is -0.658. The lowest BCUT2D eigenvalue weighted by atomic mass is 10.1. The van der Waals surface area contributed by atoms with Crippen molar-refractivity contribution in [3.8, 4) is 17.6 Å². The molecule has 0 bridgehead atoms. The van der Waals surface area contributed by atoms with Crippen LogP contribution in [0.15, 0.2) is 18.2 Å². The minimum Gasteiger partial charge on any atom is -0.490 e. The predicted molar refractivity (Wildman–Crippen MR) is 63.0 cm³/mol. The van der Waals surface area contributed by atoms with Crippen LogP contribution < -0.4 is 9.47 Å². The second-order valence-corrected chi connectivity index (χ2v) is 3.50. The van der Waals surface area contributed by atoms with Crippen molar-refractivity contribution in [1.82, 2.24) is 0 Å². The van der Waals surface area contributed by atoms with E-state index in [4.69, 9.17) is 26.3 Å². The fraction of sp³-hybridized carbons (Fsp3) is 0.417. The number of rotatable bonds is 5. The van der Waals surface area contributed by atoms with Gasteiger partial charge in [0.15, 0.2) is 11.5 Å². The van der Waals surface area contributed by atoms with E-state index in [0.29, 0.717) is 24.7 Å². The summed E-state index contributed by atoms with van der Waals surface area (Å²) >= 11 is 5.83. The van der Waals surface area contributed by atoms with Crippen LogP contribution >= 0.6 is 11.6 Å². The van der Waals surface area contributed by atoms with Gasteiger partial charge < -0.3 is 9.47 Å². The van der Waals surface area contributed by atoms with Gasteiger partial charge in [-0.15, -0.1) is 11.6 Å². The summed E-state index contributed by atoms with van der Waals surface area (Å²) in [5.41, 5.74) is 0.719. The zero-order chi connectivity index (χ0) is 12.0. The first-order chi connectivity index (χ1) is 7.72. The molecule has 0 aromatic heterocycles. The Morgan fingerprint density at radius 3 is 2.44 bits per heavy atom. The SMILES string of the molecule is CCOc1ccc(C(Cl)C#N)cc1OCC. The average Bonchev–Trinajstić information content (AvgIpc) is 2.31. The lowest BCUT2D eigenvalue weighted by Crippen LogP contribution is -1.99. The van der Waals surface area contributed by atoms with Crippen LogP contribution in [0.3, 0.4) is 0 Å². The van der Waals surface area contributed by atoms with Crippen LogP contribution in [0.1, 0.15) is 24.8 Å². The molecule has 86 valence electrons. The zero-order valence-corrected chi connectivity index (χ0v) is 10.1. The molecule has 16 heavy (non-hydrogen) atoms. The Labute approximate surface area is 101 Å². The van der Waals surface area contributed by atoms with Gasteiger partial charge in [0.1, 0.15) is 5.38 Å². The third-order valence-electron chi connectivity index (χ3n) is 1.97. The van der Waals surface area contributed by atoms with Crippen molar-refractivity contribution in [2.45, 2.75) is 19.2 Å². The van der Waals surface area contributed by atoms with E-state index in [-0.39, 0.29) is 0 Å². The normalized spacial score (nSPS) is 11.6. The van der Waals surface area contributed by atoms with Gasteiger partial charge in [-0.3, -0.25) is 0 Å². The highest BCUT2D eigenvalue weighted by atomic mass is 35.5. The first-order valence-electron chi connectivity index (χ1n) is 5.16. The lowest BCUT2D eigenvalue weighted by molar-refractivity contribution is 0.287. The molecule has 0 aliphatic carbocycles. The highest BCUT2D eigenvalue weighted by Crippen LogP contribution is 2.32. The van der Waals surface area contributed by atoms with Gasteiger partial charge in [-0.25, -0.2) is 0 Å². The van der Waals surface area contributed by atoms with Crippen molar-refractivity contribution < 1.29 is 9.47 Å². The Morgan fingerprint density at radius 2 is 1.88 bits per heavy atom. The highest BCUT2D eigenvalue weighted by molar-refractivity contribution is 6.22. The summed E-state index contributed by atoms with van der Waals surface area (Å²) in [5.74, 6) is 1.30. The Balaban J connectivity index is 3.02. The number of benzene rings is 1. The number of nitrogens with zero attached hydrogens (tertiary/aromatic N) is 1. The molecule has 0 N–H and O–H groups in total. The molecule has 3 nitrogen and oxygen atoms in total. The van der Waals surface area contributed by atoms with Gasteiger partial charge >= 0.3 is 0 Å². The maximum atomic E-state index is 8.73. The molecule has 1 aromatic rings. The van der Waals surface area contributed by atoms with Crippen LogP contribution in [0.5, 0.6) is 11.5 Å². The number of hydrogen-bond donors (Lipinski definition) is 0. The third kappa shape index (κ3) is 3.04. The van der Waals surface area contributed by atoms with Crippen molar-refractivity contribution >= 4 is 11.6 Å². The van der Waals surface area contributed by atoms with Gasteiger partial charge in [0.05, 0.1) is 19.3 Å². The summed E-state index contributed by atoms with van der Waals surface area (Å²) < 4.78 is 10.8. The third-order valence-corrected chi connectivity index (χ3v) is 2.32. The number of nitriles is 1. The highest BCUT2D eigenvalue weighted by Gasteiger charge is 2.11. The van der Waals surface area contributed by atoms with Crippen molar-refractivity contribution in [2.75, 3.05) is 13.2 Å². The molecule has 1 unspecified atom stereocenters. The first kappa shape index (κ1) is 12.7. The summed E-state index contributed by atoms with van der Waals surface area (Å²) in [5, 5.41) is 8.07. The summed E-state index contributed by atoms with van der Waals surface area (Å²) in [4.78, 5) is 0. The molecule has 0 radical (unpaired) electrons. The molecule has 1 aromatic carbocycles. The molecule has 0 heterocycles. The molecule has 4 heteroatoms. The van der Waals surface area contributed by atoms with Crippen LogP contribution in [0.4, 0.5) is 0 Å². The van der Waals surface area contributed by atoms with E-state index in [2.05, 4.69) is 0 Å². The van der Waals surface area contributed by atoms with E-state index in [1.165, 1.54) is 0 Å². The fourth-order valence-electron chi connectivity index (χ4n) is 1.30. The van der Waals surface area contributed by atoms with Gasteiger partial charge in [0.2, 0.25) is 0 Å². The molecule has 0 spiro atoms.